The molecule has 4 heteroatoms. The molecule has 1 aromatic heterocycles. The molecular weight excluding hydrogens is 254 g/mol. The van der Waals surface area contributed by atoms with Crippen LogP contribution in [0.25, 0.3) is 0 Å². The molecule has 2 aliphatic rings. The molecule has 2 fully saturated rings. The number of aryl methyl sites for hydroxylation is 1. The molecule has 2 atom stereocenters. The van der Waals surface area contributed by atoms with Crippen molar-refractivity contribution < 1.29 is 0 Å². The van der Waals surface area contributed by atoms with Crippen LogP contribution in [0.15, 0.2) is 0 Å². The number of aromatic nitrogens is 2. The molecule has 106 valence electrons. The van der Waals surface area contributed by atoms with Gasteiger partial charge in [0, 0.05) is 6.04 Å². The predicted octanol–water partition coefficient (Wildman–Crippen LogP) is 4.40. The van der Waals surface area contributed by atoms with Gasteiger partial charge in [-0.1, -0.05) is 56.3 Å². The zero-order chi connectivity index (χ0) is 13.1. The molecular formula is C15H25N3S. The fraction of sp³-hybridized carbons (Fsp3) is 0.867. The molecule has 3 rings (SSSR count). The first-order chi connectivity index (χ1) is 9.33. The lowest BCUT2D eigenvalue weighted by atomic mass is 9.71. The number of hydrogen-bond acceptors (Lipinski definition) is 4. The van der Waals surface area contributed by atoms with Gasteiger partial charge >= 0.3 is 0 Å². The van der Waals surface area contributed by atoms with Crippen LogP contribution in [0.1, 0.15) is 62.8 Å². The first kappa shape index (κ1) is 13.3. The molecule has 0 aliphatic heterocycles. The zero-order valence-electron chi connectivity index (χ0n) is 11.9. The van der Waals surface area contributed by atoms with Crippen LogP contribution in [0.3, 0.4) is 0 Å². The minimum absolute atomic E-state index is 0.643. The summed E-state index contributed by atoms with van der Waals surface area (Å²) in [5, 5.41) is 14.2. The van der Waals surface area contributed by atoms with Crippen molar-refractivity contribution in [1.29, 1.82) is 0 Å². The quantitative estimate of drug-likeness (QED) is 0.891. The third-order valence-corrected chi connectivity index (χ3v) is 5.68. The van der Waals surface area contributed by atoms with Gasteiger partial charge in [-0.3, -0.25) is 0 Å². The van der Waals surface area contributed by atoms with Gasteiger partial charge in [-0.15, -0.1) is 10.2 Å². The second-order valence-electron chi connectivity index (χ2n) is 6.22. The first-order valence-electron chi connectivity index (χ1n) is 7.89. The normalized spacial score (nSPS) is 29.3. The topological polar surface area (TPSA) is 37.8 Å². The summed E-state index contributed by atoms with van der Waals surface area (Å²) in [6.07, 6.45) is 12.8. The Hall–Kier alpha value is -0.640. The van der Waals surface area contributed by atoms with Gasteiger partial charge < -0.3 is 5.32 Å². The van der Waals surface area contributed by atoms with E-state index in [4.69, 9.17) is 0 Å². The molecule has 3 nitrogen and oxygen atoms in total. The van der Waals surface area contributed by atoms with Crippen molar-refractivity contribution in [2.45, 2.75) is 70.8 Å². The summed E-state index contributed by atoms with van der Waals surface area (Å²) in [4.78, 5) is 0. The standard InChI is InChI=1S/C15H25N3S/c1-11-17-18-15(19-11)16-14-10-6-5-9-13(14)12-7-3-2-4-8-12/h12-14H,2-10H2,1H3,(H,16,18). The van der Waals surface area contributed by atoms with Crippen LogP contribution in [0.4, 0.5) is 5.13 Å². The Balaban J connectivity index is 1.66. The molecule has 0 bridgehead atoms. The van der Waals surface area contributed by atoms with E-state index in [2.05, 4.69) is 15.5 Å². The van der Waals surface area contributed by atoms with Crippen LogP contribution < -0.4 is 5.32 Å². The summed E-state index contributed by atoms with van der Waals surface area (Å²) in [5.41, 5.74) is 0. The van der Waals surface area contributed by atoms with Gasteiger partial charge in [-0.25, -0.2) is 0 Å². The van der Waals surface area contributed by atoms with Crippen molar-refractivity contribution in [1.82, 2.24) is 10.2 Å². The Labute approximate surface area is 120 Å². The minimum Gasteiger partial charge on any atom is -0.357 e. The molecule has 1 heterocycles. The fourth-order valence-corrected chi connectivity index (χ4v) is 4.63. The van der Waals surface area contributed by atoms with Gasteiger partial charge in [0.15, 0.2) is 0 Å². The maximum atomic E-state index is 4.25. The Morgan fingerprint density at radius 1 is 0.947 bits per heavy atom. The number of nitrogens with zero attached hydrogens (tertiary/aromatic N) is 2. The van der Waals surface area contributed by atoms with E-state index in [1.54, 1.807) is 11.3 Å². The molecule has 2 aliphatic carbocycles. The second-order valence-corrected chi connectivity index (χ2v) is 7.41. The maximum Gasteiger partial charge on any atom is 0.205 e. The fourth-order valence-electron chi connectivity index (χ4n) is 3.98. The average Bonchev–Trinajstić information content (AvgIpc) is 2.86. The summed E-state index contributed by atoms with van der Waals surface area (Å²) in [6, 6.07) is 0.643. The predicted molar refractivity (Wildman–Crippen MR) is 80.6 cm³/mol. The SMILES string of the molecule is Cc1nnc(NC2CCCCC2C2CCCCC2)s1. The van der Waals surface area contributed by atoms with Crippen molar-refractivity contribution in [2.75, 3.05) is 5.32 Å². The largest absolute Gasteiger partial charge is 0.357 e. The smallest absolute Gasteiger partial charge is 0.205 e. The average molecular weight is 279 g/mol. The highest BCUT2D eigenvalue weighted by Gasteiger charge is 2.32. The number of anilines is 1. The number of rotatable bonds is 3. The Kier molecular flexibility index (Phi) is 4.36. The van der Waals surface area contributed by atoms with Crippen molar-refractivity contribution >= 4 is 16.5 Å². The Morgan fingerprint density at radius 2 is 1.68 bits per heavy atom. The Bertz CT molecular complexity index is 398. The number of hydrogen-bond donors (Lipinski definition) is 1. The highest BCUT2D eigenvalue weighted by molar-refractivity contribution is 7.15. The van der Waals surface area contributed by atoms with E-state index in [1.807, 2.05) is 6.92 Å². The Morgan fingerprint density at radius 3 is 2.42 bits per heavy atom. The summed E-state index contributed by atoms with van der Waals surface area (Å²) < 4.78 is 0. The number of nitrogens with one attached hydrogen (secondary N) is 1. The monoisotopic (exact) mass is 279 g/mol. The van der Waals surface area contributed by atoms with Gasteiger partial charge in [-0.2, -0.15) is 0 Å². The van der Waals surface area contributed by atoms with Crippen molar-refractivity contribution in [3.63, 3.8) is 0 Å². The van der Waals surface area contributed by atoms with Gasteiger partial charge in [0.05, 0.1) is 0 Å². The van der Waals surface area contributed by atoms with Crippen LogP contribution >= 0.6 is 11.3 Å². The molecule has 0 spiro atoms. The molecule has 1 N–H and O–H groups in total. The van der Waals surface area contributed by atoms with E-state index in [-0.39, 0.29) is 0 Å². The zero-order valence-corrected chi connectivity index (χ0v) is 12.7. The molecule has 19 heavy (non-hydrogen) atoms. The first-order valence-corrected chi connectivity index (χ1v) is 8.71. The van der Waals surface area contributed by atoms with Crippen molar-refractivity contribution in [3.8, 4) is 0 Å². The van der Waals surface area contributed by atoms with Crippen LogP contribution in [-0.2, 0) is 0 Å². The lowest BCUT2D eigenvalue weighted by Crippen LogP contribution is -2.37. The van der Waals surface area contributed by atoms with E-state index >= 15 is 0 Å². The van der Waals surface area contributed by atoms with Crippen molar-refractivity contribution in [2.24, 2.45) is 11.8 Å². The van der Waals surface area contributed by atoms with E-state index < -0.39 is 0 Å². The lowest BCUT2D eigenvalue weighted by molar-refractivity contribution is 0.180. The lowest BCUT2D eigenvalue weighted by Gasteiger charge is -2.39. The highest BCUT2D eigenvalue weighted by Crippen LogP contribution is 2.39. The summed E-state index contributed by atoms with van der Waals surface area (Å²) in [5.74, 6) is 1.83. The van der Waals surface area contributed by atoms with E-state index in [1.165, 1.54) is 57.8 Å². The molecule has 2 saturated carbocycles. The molecule has 1 aromatic rings. The van der Waals surface area contributed by atoms with Gasteiger partial charge in [0.25, 0.3) is 0 Å². The van der Waals surface area contributed by atoms with Gasteiger partial charge in [0.1, 0.15) is 5.01 Å². The van der Waals surface area contributed by atoms with Crippen LogP contribution in [0.2, 0.25) is 0 Å². The van der Waals surface area contributed by atoms with Crippen LogP contribution in [0, 0.1) is 18.8 Å². The van der Waals surface area contributed by atoms with E-state index in [9.17, 15) is 0 Å². The van der Waals surface area contributed by atoms with Gasteiger partial charge in [-0.05, 0) is 31.6 Å². The van der Waals surface area contributed by atoms with Crippen molar-refractivity contribution in [3.05, 3.63) is 5.01 Å². The maximum absolute atomic E-state index is 4.25. The minimum atomic E-state index is 0.643. The molecule has 0 amide bonds. The summed E-state index contributed by atoms with van der Waals surface area (Å²) >= 11 is 1.70. The van der Waals surface area contributed by atoms with E-state index in [0.717, 1.165) is 22.0 Å². The molecule has 0 saturated heterocycles. The molecule has 2 unspecified atom stereocenters. The molecule has 0 radical (unpaired) electrons. The molecule has 0 aromatic carbocycles. The van der Waals surface area contributed by atoms with Crippen LogP contribution in [0.5, 0.6) is 0 Å². The third kappa shape index (κ3) is 3.28. The summed E-state index contributed by atoms with van der Waals surface area (Å²) in [7, 11) is 0. The summed E-state index contributed by atoms with van der Waals surface area (Å²) in [6.45, 7) is 2.03. The van der Waals surface area contributed by atoms with Gasteiger partial charge in [0.2, 0.25) is 5.13 Å². The highest BCUT2D eigenvalue weighted by atomic mass is 32.1. The third-order valence-electron chi connectivity index (χ3n) is 4.91. The second kappa shape index (κ2) is 6.21. The van der Waals surface area contributed by atoms with Crippen LogP contribution in [-0.4, -0.2) is 16.2 Å². The van der Waals surface area contributed by atoms with E-state index in [0.29, 0.717) is 6.04 Å².